The Labute approximate surface area is 117 Å². The van der Waals surface area contributed by atoms with Crippen LogP contribution in [0, 0.1) is 0 Å². The summed E-state index contributed by atoms with van der Waals surface area (Å²) in [4.78, 5) is 28.8. The molecule has 2 heterocycles. The van der Waals surface area contributed by atoms with Gasteiger partial charge in [-0.05, 0) is 33.4 Å². The van der Waals surface area contributed by atoms with E-state index in [9.17, 15) is 9.59 Å². The number of hydrogen-bond donors (Lipinski definition) is 1. The van der Waals surface area contributed by atoms with Crippen LogP contribution in [0.4, 0.5) is 10.5 Å². The SMILES string of the molecule is O=C1CCN(c2cccc3cc(Br)ncc23)C(=O)N1. The minimum atomic E-state index is -0.383. The summed E-state index contributed by atoms with van der Waals surface area (Å²) in [6.07, 6.45) is 2.03. The summed E-state index contributed by atoms with van der Waals surface area (Å²) in [5.74, 6) is -0.234. The fraction of sp³-hybridized carbons (Fsp3) is 0.154. The molecule has 6 heteroatoms. The van der Waals surface area contributed by atoms with Crippen molar-refractivity contribution >= 4 is 44.3 Å². The van der Waals surface area contributed by atoms with Gasteiger partial charge in [0.05, 0.1) is 5.69 Å². The second-order valence-corrected chi connectivity index (χ2v) is 5.07. The molecular formula is C13H10BrN3O2. The Morgan fingerprint density at radius 3 is 2.95 bits per heavy atom. The van der Waals surface area contributed by atoms with Crippen LogP contribution in [0.2, 0.25) is 0 Å². The predicted molar refractivity (Wildman–Crippen MR) is 74.9 cm³/mol. The Kier molecular flexibility index (Phi) is 2.94. The van der Waals surface area contributed by atoms with Crippen molar-refractivity contribution in [1.29, 1.82) is 0 Å². The van der Waals surface area contributed by atoms with Crippen molar-refractivity contribution in [1.82, 2.24) is 10.3 Å². The number of pyridine rings is 1. The molecular weight excluding hydrogens is 310 g/mol. The molecule has 19 heavy (non-hydrogen) atoms. The summed E-state index contributed by atoms with van der Waals surface area (Å²) in [6, 6.07) is 7.21. The van der Waals surface area contributed by atoms with Crippen LogP contribution in [-0.4, -0.2) is 23.5 Å². The van der Waals surface area contributed by atoms with E-state index in [1.165, 1.54) is 0 Å². The summed E-state index contributed by atoms with van der Waals surface area (Å²) in [5.41, 5.74) is 0.766. The molecule has 0 bridgehead atoms. The van der Waals surface area contributed by atoms with E-state index in [0.717, 1.165) is 21.1 Å². The molecule has 3 amide bonds. The Bertz CT molecular complexity index is 687. The number of benzene rings is 1. The lowest BCUT2D eigenvalue weighted by molar-refractivity contribution is -0.120. The van der Waals surface area contributed by atoms with Crippen molar-refractivity contribution in [3.05, 3.63) is 35.1 Å². The van der Waals surface area contributed by atoms with Gasteiger partial charge in [-0.15, -0.1) is 0 Å². The Morgan fingerprint density at radius 1 is 1.32 bits per heavy atom. The molecule has 0 unspecified atom stereocenters. The van der Waals surface area contributed by atoms with Gasteiger partial charge in [-0.25, -0.2) is 9.78 Å². The fourth-order valence-corrected chi connectivity index (χ4v) is 2.51. The van der Waals surface area contributed by atoms with Crippen LogP contribution in [0.25, 0.3) is 10.8 Å². The molecule has 1 aromatic heterocycles. The Hall–Kier alpha value is -1.95. The van der Waals surface area contributed by atoms with Crippen molar-refractivity contribution < 1.29 is 9.59 Å². The molecule has 96 valence electrons. The number of urea groups is 1. The predicted octanol–water partition coefficient (Wildman–Crippen LogP) is 2.44. The van der Waals surface area contributed by atoms with Gasteiger partial charge >= 0.3 is 6.03 Å². The number of carbonyl (C=O) groups excluding carboxylic acids is 2. The van der Waals surface area contributed by atoms with Gasteiger partial charge in [-0.3, -0.25) is 15.0 Å². The van der Waals surface area contributed by atoms with Crippen LogP contribution in [0.5, 0.6) is 0 Å². The first-order valence-corrected chi connectivity index (χ1v) is 6.60. The van der Waals surface area contributed by atoms with Gasteiger partial charge in [0.25, 0.3) is 0 Å². The van der Waals surface area contributed by atoms with Crippen molar-refractivity contribution in [3.63, 3.8) is 0 Å². The maximum Gasteiger partial charge on any atom is 0.328 e. The quantitative estimate of drug-likeness (QED) is 0.821. The third-order valence-electron chi connectivity index (χ3n) is 3.05. The van der Waals surface area contributed by atoms with Crippen molar-refractivity contribution in [2.75, 3.05) is 11.4 Å². The maximum absolute atomic E-state index is 11.9. The van der Waals surface area contributed by atoms with Gasteiger partial charge in [0.2, 0.25) is 5.91 Å². The van der Waals surface area contributed by atoms with Crippen LogP contribution in [0.1, 0.15) is 6.42 Å². The summed E-state index contributed by atoms with van der Waals surface area (Å²) < 4.78 is 0.746. The number of fused-ring (bicyclic) bond motifs is 1. The molecule has 1 aliphatic heterocycles. The molecule has 0 aliphatic carbocycles. The van der Waals surface area contributed by atoms with Gasteiger partial charge in [0.1, 0.15) is 4.60 Å². The number of halogens is 1. The monoisotopic (exact) mass is 319 g/mol. The highest BCUT2D eigenvalue weighted by atomic mass is 79.9. The first-order valence-electron chi connectivity index (χ1n) is 5.81. The normalized spacial score (nSPS) is 15.7. The smallest absolute Gasteiger partial charge is 0.293 e. The second-order valence-electron chi connectivity index (χ2n) is 4.26. The van der Waals surface area contributed by atoms with Crippen LogP contribution in [0.3, 0.4) is 0 Å². The molecule has 0 saturated carbocycles. The van der Waals surface area contributed by atoms with Crippen molar-refractivity contribution in [3.8, 4) is 0 Å². The number of rotatable bonds is 1. The van der Waals surface area contributed by atoms with Gasteiger partial charge < -0.3 is 0 Å². The lowest BCUT2D eigenvalue weighted by Crippen LogP contribution is -2.49. The number of anilines is 1. The largest absolute Gasteiger partial charge is 0.328 e. The number of carbonyl (C=O) groups is 2. The van der Waals surface area contributed by atoms with Crippen LogP contribution in [0.15, 0.2) is 35.1 Å². The van der Waals surface area contributed by atoms with E-state index < -0.39 is 0 Å². The lowest BCUT2D eigenvalue weighted by Gasteiger charge is -2.27. The molecule has 1 aliphatic rings. The van der Waals surface area contributed by atoms with E-state index in [0.29, 0.717) is 13.0 Å². The van der Waals surface area contributed by atoms with E-state index in [4.69, 9.17) is 0 Å². The first-order chi connectivity index (χ1) is 9.15. The van der Waals surface area contributed by atoms with E-state index in [1.807, 2.05) is 24.3 Å². The first kappa shape index (κ1) is 12.1. The van der Waals surface area contributed by atoms with E-state index >= 15 is 0 Å². The molecule has 1 saturated heterocycles. The van der Waals surface area contributed by atoms with E-state index in [-0.39, 0.29) is 11.9 Å². The number of aromatic nitrogens is 1. The molecule has 0 radical (unpaired) electrons. The van der Waals surface area contributed by atoms with Crippen LogP contribution < -0.4 is 10.2 Å². The average molecular weight is 320 g/mol. The summed E-state index contributed by atoms with van der Waals surface area (Å²) >= 11 is 3.32. The number of amides is 3. The topological polar surface area (TPSA) is 62.3 Å². The van der Waals surface area contributed by atoms with Gasteiger partial charge in [0, 0.05) is 24.5 Å². The molecule has 0 atom stereocenters. The van der Waals surface area contributed by atoms with E-state index in [1.54, 1.807) is 11.1 Å². The van der Waals surface area contributed by atoms with Gasteiger partial charge in [-0.2, -0.15) is 0 Å². The molecule has 2 aromatic rings. The zero-order valence-electron chi connectivity index (χ0n) is 9.89. The van der Waals surface area contributed by atoms with E-state index in [2.05, 4.69) is 26.2 Å². The highest BCUT2D eigenvalue weighted by molar-refractivity contribution is 9.10. The number of hydrogen-bond acceptors (Lipinski definition) is 3. The minimum absolute atomic E-state index is 0.234. The molecule has 1 N–H and O–H groups in total. The van der Waals surface area contributed by atoms with Crippen molar-refractivity contribution in [2.45, 2.75) is 6.42 Å². The lowest BCUT2D eigenvalue weighted by atomic mass is 10.1. The average Bonchev–Trinajstić information content (AvgIpc) is 2.38. The zero-order valence-corrected chi connectivity index (χ0v) is 11.5. The maximum atomic E-state index is 11.9. The fourth-order valence-electron chi connectivity index (χ4n) is 2.16. The Balaban J connectivity index is 2.10. The minimum Gasteiger partial charge on any atom is -0.293 e. The van der Waals surface area contributed by atoms with Gasteiger partial charge in [0.15, 0.2) is 0 Å². The zero-order chi connectivity index (χ0) is 13.4. The third kappa shape index (κ3) is 2.19. The molecule has 1 fully saturated rings. The highest BCUT2D eigenvalue weighted by Gasteiger charge is 2.25. The molecule has 5 nitrogen and oxygen atoms in total. The number of imide groups is 1. The van der Waals surface area contributed by atoms with Crippen molar-refractivity contribution in [2.24, 2.45) is 0 Å². The molecule has 0 spiro atoms. The van der Waals surface area contributed by atoms with Crippen LogP contribution in [-0.2, 0) is 4.79 Å². The summed E-state index contributed by atoms with van der Waals surface area (Å²) in [7, 11) is 0. The summed E-state index contributed by atoms with van der Waals surface area (Å²) in [5, 5.41) is 4.20. The number of nitrogens with zero attached hydrogens (tertiary/aromatic N) is 2. The second kappa shape index (κ2) is 4.62. The number of nitrogens with one attached hydrogen (secondary N) is 1. The third-order valence-corrected chi connectivity index (χ3v) is 3.49. The van der Waals surface area contributed by atoms with Crippen LogP contribution >= 0.6 is 15.9 Å². The Morgan fingerprint density at radius 2 is 2.16 bits per heavy atom. The summed E-state index contributed by atoms with van der Waals surface area (Å²) in [6.45, 7) is 0.389. The standard InChI is InChI=1S/C13H10BrN3O2/c14-11-6-8-2-1-3-10(9(8)7-15-11)17-5-4-12(18)16-13(17)19/h1-3,6-7H,4-5H2,(H,16,18,19). The molecule has 3 rings (SSSR count). The van der Waals surface area contributed by atoms with Gasteiger partial charge in [-0.1, -0.05) is 12.1 Å². The molecule has 1 aromatic carbocycles. The highest BCUT2D eigenvalue weighted by Crippen LogP contribution is 2.28.